The Balaban J connectivity index is 2.31. The second-order valence-corrected chi connectivity index (χ2v) is 6.15. The molecule has 2 aromatic rings. The van der Waals surface area contributed by atoms with E-state index in [1.54, 1.807) is 24.1 Å². The lowest BCUT2D eigenvalue weighted by atomic mass is 10.1. The Morgan fingerprint density at radius 2 is 1.45 bits per heavy atom. The van der Waals surface area contributed by atoms with Crippen LogP contribution in [0.3, 0.4) is 0 Å². The first kappa shape index (κ1) is 22.2. The number of rotatable bonds is 10. The number of carbonyl (C=O) groups excluding carboxylic acids is 1. The van der Waals surface area contributed by atoms with Crippen molar-refractivity contribution in [1.82, 2.24) is 4.90 Å². The van der Waals surface area contributed by atoms with Crippen molar-refractivity contribution in [3.8, 4) is 28.7 Å². The molecule has 0 saturated carbocycles. The average Bonchev–Trinajstić information content (AvgIpc) is 2.76. The number of amides is 1. The van der Waals surface area contributed by atoms with Crippen molar-refractivity contribution in [3.05, 3.63) is 41.5 Å². The Bertz CT molecular complexity index is 811. The zero-order valence-corrected chi connectivity index (χ0v) is 17.9. The molecule has 0 aromatic heterocycles. The number of hydrogen-bond donors (Lipinski definition) is 0. The summed E-state index contributed by atoms with van der Waals surface area (Å²) in [4.78, 5) is 14.9. The van der Waals surface area contributed by atoms with Crippen molar-refractivity contribution in [2.24, 2.45) is 0 Å². The number of hydrogen-bond acceptors (Lipinski definition) is 6. The summed E-state index contributed by atoms with van der Waals surface area (Å²) in [5, 5.41) is 0. The van der Waals surface area contributed by atoms with Gasteiger partial charge in [0.05, 0.1) is 35.0 Å². The van der Waals surface area contributed by atoms with Crippen LogP contribution in [0.5, 0.6) is 28.7 Å². The number of carbonyl (C=O) groups is 1. The lowest BCUT2D eigenvalue weighted by Gasteiger charge is -2.23. The molecular weight excluding hydrogens is 374 g/mol. The Morgan fingerprint density at radius 3 is 1.93 bits per heavy atom. The number of methoxy groups -OCH3 is 4. The zero-order valence-electron chi connectivity index (χ0n) is 17.9. The van der Waals surface area contributed by atoms with Gasteiger partial charge in [0.2, 0.25) is 5.75 Å². The molecule has 7 heteroatoms. The van der Waals surface area contributed by atoms with Gasteiger partial charge in [-0.15, -0.1) is 0 Å². The average molecular weight is 403 g/mol. The first-order valence-corrected chi connectivity index (χ1v) is 9.41. The molecule has 0 unspecified atom stereocenters. The first-order valence-electron chi connectivity index (χ1n) is 9.41. The van der Waals surface area contributed by atoms with Gasteiger partial charge in [-0.3, -0.25) is 4.79 Å². The van der Waals surface area contributed by atoms with Gasteiger partial charge in [-0.25, -0.2) is 0 Å². The summed E-state index contributed by atoms with van der Waals surface area (Å²) in [6.45, 7) is 5.36. The summed E-state index contributed by atoms with van der Waals surface area (Å²) in [5.41, 5.74) is 1.40. The summed E-state index contributed by atoms with van der Waals surface area (Å²) >= 11 is 0. The summed E-state index contributed by atoms with van der Waals surface area (Å²) < 4.78 is 27.0. The lowest BCUT2D eigenvalue weighted by molar-refractivity contribution is 0.0751. The minimum absolute atomic E-state index is 0.139. The molecule has 0 N–H and O–H groups in total. The van der Waals surface area contributed by atoms with E-state index in [1.807, 2.05) is 32.0 Å². The fourth-order valence-electron chi connectivity index (χ4n) is 3.02. The van der Waals surface area contributed by atoms with E-state index in [2.05, 4.69) is 0 Å². The number of ether oxygens (including phenoxy) is 5. The molecule has 2 aromatic carbocycles. The third-order valence-corrected chi connectivity index (χ3v) is 4.48. The van der Waals surface area contributed by atoms with E-state index >= 15 is 0 Å². The molecule has 0 fully saturated rings. The monoisotopic (exact) mass is 403 g/mol. The zero-order chi connectivity index (χ0) is 21.4. The molecule has 0 saturated heterocycles. The summed E-state index contributed by atoms with van der Waals surface area (Å²) in [6.07, 6.45) is 0. The summed E-state index contributed by atoms with van der Waals surface area (Å²) in [6, 6.07) is 8.99. The van der Waals surface area contributed by atoms with Crippen molar-refractivity contribution in [2.45, 2.75) is 20.4 Å². The normalized spacial score (nSPS) is 10.3. The van der Waals surface area contributed by atoms with E-state index in [1.165, 1.54) is 21.3 Å². The maximum Gasteiger partial charge on any atom is 0.254 e. The van der Waals surface area contributed by atoms with Gasteiger partial charge < -0.3 is 28.6 Å². The van der Waals surface area contributed by atoms with E-state index in [9.17, 15) is 4.79 Å². The minimum Gasteiger partial charge on any atom is -0.493 e. The van der Waals surface area contributed by atoms with Crippen LogP contribution in [0.2, 0.25) is 0 Å². The molecule has 1 amide bonds. The largest absolute Gasteiger partial charge is 0.493 e. The quantitative estimate of drug-likeness (QED) is 0.601. The Kier molecular flexibility index (Phi) is 8.00. The molecule has 158 valence electrons. The van der Waals surface area contributed by atoms with Gasteiger partial charge in [-0.1, -0.05) is 6.07 Å². The second kappa shape index (κ2) is 10.5. The van der Waals surface area contributed by atoms with E-state index in [0.717, 1.165) is 5.56 Å². The maximum absolute atomic E-state index is 13.2. The highest BCUT2D eigenvalue weighted by Gasteiger charge is 2.21. The molecule has 0 heterocycles. The molecule has 0 radical (unpaired) electrons. The molecule has 0 atom stereocenters. The van der Waals surface area contributed by atoms with Gasteiger partial charge in [0, 0.05) is 18.7 Å². The van der Waals surface area contributed by atoms with Crippen molar-refractivity contribution in [3.63, 3.8) is 0 Å². The van der Waals surface area contributed by atoms with E-state index < -0.39 is 0 Å². The summed E-state index contributed by atoms with van der Waals surface area (Å²) in [7, 11) is 6.17. The van der Waals surface area contributed by atoms with Crippen LogP contribution in [0, 0.1) is 0 Å². The highest BCUT2D eigenvalue weighted by molar-refractivity contribution is 5.95. The molecule has 0 bridgehead atoms. The molecule has 29 heavy (non-hydrogen) atoms. The third kappa shape index (κ3) is 5.04. The third-order valence-electron chi connectivity index (χ3n) is 4.48. The highest BCUT2D eigenvalue weighted by atomic mass is 16.5. The van der Waals surface area contributed by atoms with E-state index in [-0.39, 0.29) is 5.91 Å². The van der Waals surface area contributed by atoms with Crippen LogP contribution >= 0.6 is 0 Å². The summed E-state index contributed by atoms with van der Waals surface area (Å²) in [5.74, 6) is 2.51. The SMILES string of the molecule is CCOc1ccc(CN(CC)C(=O)c2cc(OC)c(OC)c(OC)c2)cc1OC. The Hall–Kier alpha value is -3.09. The van der Waals surface area contributed by atoms with Gasteiger partial charge in [-0.05, 0) is 43.7 Å². The molecule has 2 rings (SSSR count). The standard InChI is InChI=1S/C22H29NO6/c1-7-23(14-15-9-10-17(29-8-2)18(11-15)25-3)22(24)16-12-19(26-4)21(28-6)20(13-16)27-5/h9-13H,7-8,14H2,1-6H3. The van der Waals surface area contributed by atoms with Crippen LogP contribution in [0.1, 0.15) is 29.8 Å². The first-order chi connectivity index (χ1) is 14.0. The molecule has 0 spiro atoms. The predicted octanol–water partition coefficient (Wildman–Crippen LogP) is 3.78. The molecule has 0 aliphatic rings. The van der Waals surface area contributed by atoms with Crippen LogP contribution in [-0.2, 0) is 6.54 Å². The lowest BCUT2D eigenvalue weighted by Crippen LogP contribution is -2.30. The molecule has 0 aliphatic carbocycles. The van der Waals surface area contributed by atoms with Crippen LogP contribution in [0.25, 0.3) is 0 Å². The topological polar surface area (TPSA) is 66.5 Å². The van der Waals surface area contributed by atoms with Crippen LogP contribution < -0.4 is 23.7 Å². The molecule has 7 nitrogen and oxygen atoms in total. The van der Waals surface area contributed by atoms with Crippen LogP contribution in [0.15, 0.2) is 30.3 Å². The van der Waals surface area contributed by atoms with Gasteiger partial charge in [-0.2, -0.15) is 0 Å². The molecule has 0 aliphatic heterocycles. The van der Waals surface area contributed by atoms with Crippen LogP contribution in [0.4, 0.5) is 0 Å². The van der Waals surface area contributed by atoms with E-state index in [0.29, 0.717) is 54.0 Å². The van der Waals surface area contributed by atoms with Crippen LogP contribution in [-0.4, -0.2) is 52.4 Å². The van der Waals surface area contributed by atoms with Gasteiger partial charge >= 0.3 is 0 Å². The highest BCUT2D eigenvalue weighted by Crippen LogP contribution is 2.38. The predicted molar refractivity (Wildman–Crippen MR) is 111 cm³/mol. The van der Waals surface area contributed by atoms with Gasteiger partial charge in [0.15, 0.2) is 23.0 Å². The fourth-order valence-corrected chi connectivity index (χ4v) is 3.02. The van der Waals surface area contributed by atoms with Crippen molar-refractivity contribution in [1.29, 1.82) is 0 Å². The van der Waals surface area contributed by atoms with Crippen molar-refractivity contribution < 1.29 is 28.5 Å². The smallest absolute Gasteiger partial charge is 0.254 e. The Morgan fingerprint density at radius 1 is 0.828 bits per heavy atom. The van der Waals surface area contributed by atoms with Crippen molar-refractivity contribution in [2.75, 3.05) is 41.6 Å². The number of nitrogens with zero attached hydrogens (tertiary/aromatic N) is 1. The van der Waals surface area contributed by atoms with E-state index in [4.69, 9.17) is 23.7 Å². The minimum atomic E-state index is -0.139. The van der Waals surface area contributed by atoms with Gasteiger partial charge in [0.1, 0.15) is 0 Å². The van der Waals surface area contributed by atoms with Gasteiger partial charge in [0.25, 0.3) is 5.91 Å². The fraction of sp³-hybridized carbons (Fsp3) is 0.409. The number of benzene rings is 2. The Labute approximate surface area is 172 Å². The second-order valence-electron chi connectivity index (χ2n) is 6.15. The molecular formula is C22H29NO6. The maximum atomic E-state index is 13.2. The van der Waals surface area contributed by atoms with Crippen molar-refractivity contribution >= 4 is 5.91 Å².